The fraction of sp³-hybridized carbons (Fsp3) is 0.250. The number of nitrogens with zero attached hydrogens (tertiary/aromatic N) is 1. The Morgan fingerprint density at radius 2 is 1.58 bits per heavy atom. The van der Waals surface area contributed by atoms with Crippen LogP contribution >= 0.6 is 0 Å². The smallest absolute Gasteiger partial charge is 0.262 e. The van der Waals surface area contributed by atoms with Crippen molar-refractivity contribution in [1.29, 1.82) is 0 Å². The van der Waals surface area contributed by atoms with Gasteiger partial charge in [-0.1, -0.05) is 19.1 Å². The van der Waals surface area contributed by atoms with E-state index in [1.807, 2.05) is 6.92 Å². The van der Waals surface area contributed by atoms with Gasteiger partial charge in [-0.2, -0.15) is 0 Å². The van der Waals surface area contributed by atoms with Crippen LogP contribution in [0.3, 0.4) is 0 Å². The van der Waals surface area contributed by atoms with Crippen LogP contribution in [0, 0.1) is 0 Å². The molecule has 1 N–H and O–H groups in total. The van der Waals surface area contributed by atoms with E-state index in [0.717, 1.165) is 4.90 Å². The average molecular weight is 352 g/mol. The molecule has 0 radical (unpaired) electrons. The van der Waals surface area contributed by atoms with Crippen molar-refractivity contribution >= 4 is 23.4 Å². The molecule has 0 bridgehead atoms. The van der Waals surface area contributed by atoms with Crippen LogP contribution in [0.4, 0.5) is 5.69 Å². The first-order chi connectivity index (χ1) is 12.6. The molecule has 0 unspecified atom stereocenters. The van der Waals surface area contributed by atoms with Crippen LogP contribution in [0.5, 0.6) is 5.75 Å². The molecule has 0 aliphatic carbocycles. The standard InChI is InChI=1S/C20H20N2O4/c1-3-17(18(23)21-13-9-11-14(12-10-13)26-4-2)22-19(24)15-7-5-6-8-16(15)20(22)25/h5-12,17H,3-4H2,1-2H3,(H,21,23)/t17-/m1/s1. The topological polar surface area (TPSA) is 75.7 Å². The normalized spacial score (nSPS) is 14.2. The van der Waals surface area contributed by atoms with E-state index in [0.29, 0.717) is 35.6 Å². The van der Waals surface area contributed by atoms with Crippen LogP contribution in [0.2, 0.25) is 0 Å². The van der Waals surface area contributed by atoms with Gasteiger partial charge in [0.1, 0.15) is 11.8 Å². The Balaban J connectivity index is 1.77. The van der Waals surface area contributed by atoms with Crippen LogP contribution in [0.15, 0.2) is 48.5 Å². The van der Waals surface area contributed by atoms with E-state index in [4.69, 9.17) is 4.74 Å². The summed E-state index contributed by atoms with van der Waals surface area (Å²) in [6, 6.07) is 12.7. The van der Waals surface area contributed by atoms with E-state index in [1.54, 1.807) is 55.5 Å². The molecule has 0 aromatic heterocycles. The van der Waals surface area contributed by atoms with Crippen LogP contribution in [0.1, 0.15) is 41.0 Å². The summed E-state index contributed by atoms with van der Waals surface area (Å²) in [5.41, 5.74) is 1.25. The highest BCUT2D eigenvalue weighted by Gasteiger charge is 2.41. The van der Waals surface area contributed by atoms with Gasteiger partial charge in [-0.05, 0) is 49.7 Å². The van der Waals surface area contributed by atoms with Crippen LogP contribution < -0.4 is 10.1 Å². The lowest BCUT2D eigenvalue weighted by molar-refractivity contribution is -0.120. The Morgan fingerprint density at radius 1 is 1.00 bits per heavy atom. The average Bonchev–Trinajstić information content (AvgIpc) is 2.90. The third-order valence-corrected chi connectivity index (χ3v) is 4.26. The fourth-order valence-electron chi connectivity index (χ4n) is 3.00. The largest absolute Gasteiger partial charge is 0.494 e. The van der Waals surface area contributed by atoms with Gasteiger partial charge < -0.3 is 10.1 Å². The Hall–Kier alpha value is -3.15. The Morgan fingerprint density at radius 3 is 2.08 bits per heavy atom. The number of ether oxygens (including phenoxy) is 1. The highest BCUT2D eigenvalue weighted by Crippen LogP contribution is 2.26. The molecule has 26 heavy (non-hydrogen) atoms. The second kappa shape index (κ2) is 7.39. The molecular weight excluding hydrogens is 332 g/mol. The summed E-state index contributed by atoms with van der Waals surface area (Å²) in [6.07, 6.45) is 0.328. The van der Waals surface area contributed by atoms with Gasteiger partial charge in [0.25, 0.3) is 11.8 Å². The second-order valence-corrected chi connectivity index (χ2v) is 5.90. The lowest BCUT2D eigenvalue weighted by Crippen LogP contribution is -2.46. The number of fused-ring (bicyclic) bond motifs is 1. The molecule has 3 amide bonds. The molecule has 1 atom stereocenters. The van der Waals surface area contributed by atoms with Gasteiger partial charge in [-0.25, -0.2) is 0 Å². The fourth-order valence-corrected chi connectivity index (χ4v) is 3.00. The number of benzene rings is 2. The maximum atomic E-state index is 12.7. The summed E-state index contributed by atoms with van der Waals surface area (Å²) in [5.74, 6) is -0.553. The summed E-state index contributed by atoms with van der Waals surface area (Å²) >= 11 is 0. The van der Waals surface area contributed by atoms with Crippen molar-refractivity contribution < 1.29 is 19.1 Å². The lowest BCUT2D eigenvalue weighted by atomic mass is 10.1. The number of hydrogen-bond donors (Lipinski definition) is 1. The minimum absolute atomic E-state index is 0.328. The van der Waals surface area contributed by atoms with Gasteiger partial charge in [-0.3, -0.25) is 19.3 Å². The van der Waals surface area contributed by atoms with E-state index < -0.39 is 23.8 Å². The van der Waals surface area contributed by atoms with Crippen LogP contribution in [-0.2, 0) is 4.79 Å². The number of imide groups is 1. The minimum atomic E-state index is -0.867. The molecule has 134 valence electrons. The summed E-state index contributed by atoms with van der Waals surface area (Å²) in [5, 5.41) is 2.77. The first-order valence-electron chi connectivity index (χ1n) is 8.57. The van der Waals surface area contributed by atoms with Gasteiger partial charge in [-0.15, -0.1) is 0 Å². The van der Waals surface area contributed by atoms with E-state index in [2.05, 4.69) is 5.32 Å². The number of rotatable bonds is 6. The van der Waals surface area contributed by atoms with Gasteiger partial charge >= 0.3 is 0 Å². The molecule has 1 heterocycles. The highest BCUT2D eigenvalue weighted by atomic mass is 16.5. The minimum Gasteiger partial charge on any atom is -0.494 e. The monoisotopic (exact) mass is 352 g/mol. The first kappa shape index (κ1) is 17.7. The number of hydrogen-bond acceptors (Lipinski definition) is 4. The molecular formula is C20H20N2O4. The van der Waals surface area contributed by atoms with Crippen LogP contribution in [-0.4, -0.2) is 35.3 Å². The van der Waals surface area contributed by atoms with Gasteiger partial charge in [0.15, 0.2) is 0 Å². The molecule has 6 heteroatoms. The maximum Gasteiger partial charge on any atom is 0.262 e. The molecule has 0 spiro atoms. The van der Waals surface area contributed by atoms with Crippen molar-refractivity contribution in [1.82, 2.24) is 4.90 Å². The highest BCUT2D eigenvalue weighted by molar-refractivity contribution is 6.23. The quantitative estimate of drug-likeness (QED) is 0.811. The van der Waals surface area contributed by atoms with Crippen molar-refractivity contribution in [2.45, 2.75) is 26.3 Å². The van der Waals surface area contributed by atoms with Crippen molar-refractivity contribution in [3.63, 3.8) is 0 Å². The zero-order chi connectivity index (χ0) is 18.7. The summed E-state index contributed by atoms with van der Waals surface area (Å²) in [4.78, 5) is 38.9. The molecule has 3 rings (SSSR count). The second-order valence-electron chi connectivity index (χ2n) is 5.90. The molecule has 0 saturated carbocycles. The third kappa shape index (κ3) is 3.18. The maximum absolute atomic E-state index is 12.7. The van der Waals surface area contributed by atoms with Crippen molar-refractivity contribution in [3.8, 4) is 5.75 Å². The summed E-state index contributed by atoms with van der Waals surface area (Å²) in [7, 11) is 0. The van der Waals surface area contributed by atoms with Crippen molar-refractivity contribution in [3.05, 3.63) is 59.7 Å². The zero-order valence-corrected chi connectivity index (χ0v) is 14.7. The van der Waals surface area contributed by atoms with Crippen molar-refractivity contribution in [2.75, 3.05) is 11.9 Å². The molecule has 1 aliphatic heterocycles. The zero-order valence-electron chi connectivity index (χ0n) is 14.7. The molecule has 6 nitrogen and oxygen atoms in total. The Kier molecular flexibility index (Phi) is 5.02. The van der Waals surface area contributed by atoms with E-state index >= 15 is 0 Å². The predicted molar refractivity (Wildman–Crippen MR) is 97.3 cm³/mol. The van der Waals surface area contributed by atoms with Crippen molar-refractivity contribution in [2.24, 2.45) is 0 Å². The summed E-state index contributed by atoms with van der Waals surface area (Å²) in [6.45, 7) is 4.22. The third-order valence-electron chi connectivity index (χ3n) is 4.26. The van der Waals surface area contributed by atoms with E-state index in [1.165, 1.54) is 0 Å². The molecule has 0 fully saturated rings. The Bertz CT molecular complexity index is 810. The lowest BCUT2D eigenvalue weighted by Gasteiger charge is -2.24. The number of nitrogens with one attached hydrogen (secondary N) is 1. The van der Waals surface area contributed by atoms with E-state index in [9.17, 15) is 14.4 Å². The molecule has 2 aromatic carbocycles. The number of amides is 3. The predicted octanol–water partition coefficient (Wildman–Crippen LogP) is 3.10. The molecule has 0 saturated heterocycles. The number of carbonyl (C=O) groups excluding carboxylic acids is 3. The number of carbonyl (C=O) groups is 3. The van der Waals surface area contributed by atoms with Crippen LogP contribution in [0.25, 0.3) is 0 Å². The van der Waals surface area contributed by atoms with Gasteiger partial charge in [0.05, 0.1) is 17.7 Å². The SMILES string of the molecule is CCOc1ccc(NC(=O)[C@@H](CC)N2C(=O)c3ccccc3C2=O)cc1. The molecule has 1 aliphatic rings. The van der Waals surface area contributed by atoms with Gasteiger partial charge in [0, 0.05) is 5.69 Å². The van der Waals surface area contributed by atoms with Gasteiger partial charge in [0.2, 0.25) is 5.91 Å². The van der Waals surface area contributed by atoms with E-state index in [-0.39, 0.29) is 0 Å². The summed E-state index contributed by atoms with van der Waals surface area (Å²) < 4.78 is 5.37. The molecule has 2 aromatic rings. The Labute approximate surface area is 151 Å². The first-order valence-corrected chi connectivity index (χ1v) is 8.57. The number of anilines is 1.